The van der Waals surface area contributed by atoms with Gasteiger partial charge < -0.3 is 5.32 Å². The molecule has 1 aliphatic rings. The molecule has 0 atom stereocenters. The Labute approximate surface area is 139 Å². The maximum atomic E-state index is 12.4. The number of sulfonamides is 1. The number of rotatable bonds is 3. The molecule has 1 fully saturated rings. The molecule has 2 N–H and O–H groups in total. The van der Waals surface area contributed by atoms with Gasteiger partial charge in [-0.1, -0.05) is 41.9 Å². The van der Waals surface area contributed by atoms with Gasteiger partial charge in [0.15, 0.2) is 0 Å². The highest BCUT2D eigenvalue weighted by Gasteiger charge is 2.32. The lowest BCUT2D eigenvalue weighted by atomic mass is 10.1. The molecule has 3 rings (SSSR count). The molecule has 0 bridgehead atoms. The van der Waals surface area contributed by atoms with E-state index in [1.807, 2.05) is 0 Å². The van der Waals surface area contributed by atoms with Crippen LogP contribution >= 0.6 is 11.6 Å². The average Bonchev–Trinajstić information content (AvgIpc) is 2.55. The third-order valence-corrected chi connectivity index (χ3v) is 5.21. The van der Waals surface area contributed by atoms with Crippen LogP contribution in [0.2, 0.25) is 5.02 Å². The second-order valence-corrected chi connectivity index (χ2v) is 7.17. The Bertz CT molecular complexity index is 875. The predicted octanol–water partition coefficient (Wildman–Crippen LogP) is 2.37. The number of hydrogen-bond acceptors (Lipinski definition) is 3. The lowest BCUT2D eigenvalue weighted by molar-refractivity contribution is 0.0973. The van der Waals surface area contributed by atoms with Gasteiger partial charge in [0.1, 0.15) is 0 Å². The van der Waals surface area contributed by atoms with Crippen LogP contribution in [0.1, 0.15) is 15.9 Å². The lowest BCUT2D eigenvalue weighted by Gasteiger charge is -2.24. The quantitative estimate of drug-likeness (QED) is 0.894. The number of carbonyl (C=O) groups excluding carboxylic acids is 1. The van der Waals surface area contributed by atoms with Crippen molar-refractivity contribution in [2.75, 3.05) is 6.54 Å². The highest BCUT2D eigenvalue weighted by molar-refractivity contribution is 7.95. The number of benzene rings is 2. The average molecular weight is 349 g/mol. The molecule has 1 heterocycles. The fourth-order valence-corrected chi connectivity index (χ4v) is 3.27. The first-order valence-corrected chi connectivity index (χ1v) is 8.68. The summed E-state index contributed by atoms with van der Waals surface area (Å²) < 4.78 is 26.1. The number of nitrogens with one attached hydrogen (secondary N) is 2. The van der Waals surface area contributed by atoms with E-state index in [9.17, 15) is 13.2 Å². The standard InChI is InChI=1S/C16H13ClN2O3S/c17-13-8-6-11(7-9-13)15(14-10-18-23(14,21)22)19-16(20)12-4-2-1-3-5-12/h1-9,18H,10H2,(H,19,20)/b15-14+. The lowest BCUT2D eigenvalue weighted by Crippen LogP contribution is -2.43. The Morgan fingerprint density at radius 3 is 2.17 bits per heavy atom. The summed E-state index contributed by atoms with van der Waals surface area (Å²) in [6.45, 7) is 0.176. The minimum absolute atomic E-state index is 0.157. The fraction of sp³-hybridized carbons (Fsp3) is 0.0625. The van der Waals surface area contributed by atoms with Crippen LogP contribution in [0, 0.1) is 0 Å². The molecule has 0 spiro atoms. The second-order valence-electron chi connectivity index (χ2n) is 4.95. The zero-order valence-corrected chi connectivity index (χ0v) is 13.5. The SMILES string of the molecule is O=C(N/C(=C1\CNS1(=O)=O)c1ccc(Cl)cc1)c1ccccc1. The minimum Gasteiger partial charge on any atom is -0.320 e. The number of halogens is 1. The molecular formula is C16H13ClN2O3S. The van der Waals surface area contributed by atoms with Crippen molar-refractivity contribution in [2.45, 2.75) is 0 Å². The van der Waals surface area contributed by atoms with Crippen LogP contribution in [-0.4, -0.2) is 20.9 Å². The Morgan fingerprint density at radius 1 is 1.00 bits per heavy atom. The summed E-state index contributed by atoms with van der Waals surface area (Å²) in [5.41, 5.74) is 1.30. The molecule has 118 valence electrons. The van der Waals surface area contributed by atoms with Gasteiger partial charge in [0, 0.05) is 10.6 Å². The van der Waals surface area contributed by atoms with Gasteiger partial charge in [0.25, 0.3) is 5.91 Å². The van der Waals surface area contributed by atoms with Crippen molar-refractivity contribution in [1.29, 1.82) is 0 Å². The summed E-state index contributed by atoms with van der Waals surface area (Å²) in [6.07, 6.45) is 0. The van der Waals surface area contributed by atoms with E-state index in [4.69, 9.17) is 11.6 Å². The molecule has 0 aliphatic carbocycles. The van der Waals surface area contributed by atoms with Crippen LogP contribution in [-0.2, 0) is 10.0 Å². The van der Waals surface area contributed by atoms with Crippen molar-refractivity contribution in [3.63, 3.8) is 0 Å². The van der Waals surface area contributed by atoms with Crippen LogP contribution in [0.3, 0.4) is 0 Å². The molecule has 1 saturated heterocycles. The first kappa shape index (κ1) is 15.7. The van der Waals surface area contributed by atoms with Gasteiger partial charge >= 0.3 is 0 Å². The van der Waals surface area contributed by atoms with Crippen molar-refractivity contribution >= 4 is 33.2 Å². The van der Waals surface area contributed by atoms with Crippen molar-refractivity contribution in [2.24, 2.45) is 0 Å². The van der Waals surface area contributed by atoms with E-state index in [1.165, 1.54) is 0 Å². The van der Waals surface area contributed by atoms with E-state index in [1.54, 1.807) is 54.6 Å². The van der Waals surface area contributed by atoms with Crippen molar-refractivity contribution in [3.05, 3.63) is 75.7 Å². The third kappa shape index (κ3) is 3.29. The highest BCUT2D eigenvalue weighted by Crippen LogP contribution is 2.26. The van der Waals surface area contributed by atoms with E-state index in [0.29, 0.717) is 16.1 Å². The molecule has 2 aromatic rings. The van der Waals surface area contributed by atoms with Crippen LogP contribution in [0.5, 0.6) is 0 Å². The summed E-state index contributed by atoms with van der Waals surface area (Å²) >= 11 is 5.87. The van der Waals surface area contributed by atoms with E-state index in [-0.39, 0.29) is 23.1 Å². The summed E-state index contributed by atoms with van der Waals surface area (Å²) in [5.74, 6) is -0.370. The van der Waals surface area contributed by atoms with Crippen molar-refractivity contribution in [3.8, 4) is 0 Å². The van der Waals surface area contributed by atoms with Crippen LogP contribution in [0.15, 0.2) is 59.5 Å². The molecule has 0 saturated carbocycles. The van der Waals surface area contributed by atoms with Crippen LogP contribution in [0.25, 0.3) is 5.70 Å². The van der Waals surface area contributed by atoms with E-state index in [0.717, 1.165) is 0 Å². The zero-order valence-electron chi connectivity index (χ0n) is 11.9. The molecule has 1 aliphatic heterocycles. The molecule has 23 heavy (non-hydrogen) atoms. The maximum absolute atomic E-state index is 12.4. The Morgan fingerprint density at radius 2 is 1.65 bits per heavy atom. The molecule has 2 aromatic carbocycles. The number of amides is 1. The van der Waals surface area contributed by atoms with Gasteiger partial charge in [-0.2, -0.15) is 0 Å². The summed E-state index contributed by atoms with van der Waals surface area (Å²) in [4.78, 5) is 12.5. The maximum Gasteiger partial charge on any atom is 0.255 e. The van der Waals surface area contributed by atoms with Gasteiger partial charge in [-0.05, 0) is 29.8 Å². The second kappa shape index (κ2) is 6.16. The smallest absolute Gasteiger partial charge is 0.255 e. The van der Waals surface area contributed by atoms with Gasteiger partial charge in [0.2, 0.25) is 10.0 Å². The predicted molar refractivity (Wildman–Crippen MR) is 89.2 cm³/mol. The molecule has 0 unspecified atom stereocenters. The van der Waals surface area contributed by atoms with Gasteiger partial charge in [-0.3, -0.25) is 4.79 Å². The molecular weight excluding hydrogens is 336 g/mol. The Kier molecular flexibility index (Phi) is 4.21. The van der Waals surface area contributed by atoms with Crippen LogP contribution in [0.4, 0.5) is 0 Å². The third-order valence-electron chi connectivity index (χ3n) is 3.43. The van der Waals surface area contributed by atoms with Gasteiger partial charge in [-0.15, -0.1) is 0 Å². The molecule has 0 radical (unpaired) electrons. The highest BCUT2D eigenvalue weighted by atomic mass is 35.5. The van der Waals surface area contributed by atoms with E-state index < -0.39 is 10.0 Å². The topological polar surface area (TPSA) is 75.3 Å². The normalized spacial score (nSPS) is 18.0. The summed E-state index contributed by atoms with van der Waals surface area (Å²) in [6, 6.07) is 15.2. The first-order valence-electron chi connectivity index (χ1n) is 6.82. The van der Waals surface area contributed by atoms with Gasteiger partial charge in [-0.25, -0.2) is 13.1 Å². The zero-order chi connectivity index (χ0) is 16.4. The molecule has 1 amide bonds. The van der Waals surface area contributed by atoms with E-state index in [2.05, 4.69) is 10.0 Å². The first-order chi connectivity index (χ1) is 11.0. The summed E-state index contributed by atoms with van der Waals surface area (Å²) in [5, 5.41) is 3.23. The van der Waals surface area contributed by atoms with Crippen molar-refractivity contribution in [1.82, 2.24) is 10.0 Å². The monoisotopic (exact) mass is 348 g/mol. The minimum atomic E-state index is -3.53. The van der Waals surface area contributed by atoms with Crippen LogP contribution < -0.4 is 10.0 Å². The number of hydrogen-bond donors (Lipinski definition) is 2. The summed E-state index contributed by atoms with van der Waals surface area (Å²) in [7, 11) is -3.53. The Hall–Kier alpha value is -2.15. The van der Waals surface area contributed by atoms with Gasteiger partial charge in [0.05, 0.1) is 17.1 Å². The number of carbonyl (C=O) groups is 1. The fourth-order valence-electron chi connectivity index (χ4n) is 2.18. The Balaban J connectivity index is 2.00. The molecule has 5 nitrogen and oxygen atoms in total. The molecule has 0 aromatic heterocycles. The van der Waals surface area contributed by atoms with E-state index >= 15 is 0 Å². The molecule has 7 heteroatoms. The largest absolute Gasteiger partial charge is 0.320 e. The van der Waals surface area contributed by atoms with Crippen molar-refractivity contribution < 1.29 is 13.2 Å².